The highest BCUT2D eigenvalue weighted by Crippen LogP contribution is 2.48. The summed E-state index contributed by atoms with van der Waals surface area (Å²) in [7, 11) is 6.58. The van der Waals surface area contributed by atoms with Gasteiger partial charge in [0.1, 0.15) is 24.2 Å². The van der Waals surface area contributed by atoms with Crippen LogP contribution in [0, 0.1) is 11.8 Å². The number of hydrogen-bond acceptors (Lipinski definition) is 21. The molecule has 0 radical (unpaired) electrons. The van der Waals surface area contributed by atoms with E-state index in [2.05, 4.69) is 49.5 Å². The molecule has 0 aliphatic heterocycles. The summed E-state index contributed by atoms with van der Waals surface area (Å²) in [6, 6.07) is 23.1. The highest BCUT2D eigenvalue weighted by Gasteiger charge is 2.47. The molecule has 6 atom stereocenters. The van der Waals surface area contributed by atoms with E-state index in [1.165, 1.54) is 60.8 Å². The van der Waals surface area contributed by atoms with Gasteiger partial charge in [-0.25, -0.2) is 4.79 Å². The molecular weight excluding hydrogens is 1260 g/mol. The first-order chi connectivity index (χ1) is 46.1. The van der Waals surface area contributed by atoms with Gasteiger partial charge in [0.05, 0.1) is 159 Å². The molecule has 23 heteroatoms. The highest BCUT2D eigenvalue weighted by molar-refractivity contribution is 6.17. The van der Waals surface area contributed by atoms with Crippen LogP contribution in [0.25, 0.3) is 0 Å². The number of alkyl halides is 1. The molecule has 0 saturated heterocycles. The highest BCUT2D eigenvalue weighted by atomic mass is 35.5. The molecule has 7 rings (SSSR count). The molecule has 3 aromatic carbocycles. The minimum absolute atomic E-state index is 0. The zero-order valence-corrected chi connectivity index (χ0v) is 58.4. The number of aliphatic hydroxyl groups is 1. The number of nitrogens with two attached hydrogens (primary N) is 1. The van der Waals surface area contributed by atoms with Gasteiger partial charge in [-0.05, 0) is 102 Å². The topological polar surface area (TPSA) is 241 Å². The average molecular weight is 1390 g/mol. The second-order valence-corrected chi connectivity index (χ2v) is 24.0. The summed E-state index contributed by atoms with van der Waals surface area (Å²) >= 11 is 5.28. The molecule has 2 saturated carbocycles. The maximum Gasteiger partial charge on any atom is 0.407 e. The summed E-state index contributed by atoms with van der Waals surface area (Å²) < 4.78 is 95.0. The van der Waals surface area contributed by atoms with Gasteiger partial charge >= 0.3 is 6.09 Å². The van der Waals surface area contributed by atoms with Crippen LogP contribution in [-0.4, -0.2) is 230 Å². The van der Waals surface area contributed by atoms with E-state index in [0.29, 0.717) is 164 Å². The Bertz CT molecular complexity index is 2300. The molecule has 4 aliphatic carbocycles. The summed E-state index contributed by atoms with van der Waals surface area (Å²) in [5.74, 6) is 2.61. The van der Waals surface area contributed by atoms with Crippen LogP contribution >= 0.6 is 11.6 Å². The van der Waals surface area contributed by atoms with Crippen molar-refractivity contribution in [2.45, 2.75) is 135 Å². The standard InChI is InChI=1S/C32H45NO7.C24H39NO5.C8H17ClO4.C7H16O4.2CH4/c1-32-14-8-4-7-11-27(30(32)33-31(34)39-23-25-9-5-3-6-10-25)21-26-12-13-28(22-29(26)32)40-24-38-20-19-37-18-17-36-16-15-35-2;1-24-9-5-3-4-6-20(23(24)25)16-19-7-8-21(17-22(19)24)30-18-29-15-14-28-13-12-27-11-10-26-2;1-10-2-3-11-4-5-12-6-7-13-8-9;1-9-4-5-11-7-6-10-3-2-8;;/h3,5-6,9-10,12-13,22,27,30H,4,7-8,11,14-21,23-24H2,1-2H3,(H,33,34);7-8,17,20,23H,3-6,9-16,18,25H2,1-2H3;2-8H2,1H3;8H,2-7H2,1H3;2*1H4/t27-,30-,32+;20-,23-,24+;;;;/m00..../s1. The molecule has 554 valence electrons. The number of benzene rings is 3. The van der Waals surface area contributed by atoms with Crippen molar-refractivity contribution in [3.05, 3.63) is 94.5 Å². The molecule has 96 heavy (non-hydrogen) atoms. The lowest BCUT2D eigenvalue weighted by Gasteiger charge is -2.49. The molecule has 22 nitrogen and oxygen atoms in total. The number of halogens is 1. The third-order valence-corrected chi connectivity index (χ3v) is 17.2. The molecule has 0 spiro atoms. The third kappa shape index (κ3) is 36.0. The fraction of sp³-hybridized carbons (Fsp3) is 0.740. The zero-order valence-electron chi connectivity index (χ0n) is 57.6. The fourth-order valence-electron chi connectivity index (χ4n) is 12.0. The Kier molecular flexibility index (Phi) is 52.2. The van der Waals surface area contributed by atoms with Gasteiger partial charge < -0.3 is 101 Å². The SMILES string of the molecule is C.C.COCCOCCOCCO.COCCOCCOCCOCCl.COCCOCCOCCOCOc1ccc2c(c1)[C@@]1(C)CCCCC[C@@H](C2)[C@@H]1N.COCCOCCOCCOCOc1ccc2c(c1)[C@@]1(C)CCCCC[C@@H](C2)[C@@H]1NC(=O)OCc1ccccc1. The number of aliphatic hydroxyl groups excluding tert-OH is 1. The van der Waals surface area contributed by atoms with Crippen LogP contribution in [0.4, 0.5) is 4.79 Å². The van der Waals surface area contributed by atoms with Gasteiger partial charge in [-0.2, -0.15) is 0 Å². The van der Waals surface area contributed by atoms with E-state index in [1.807, 2.05) is 36.4 Å². The summed E-state index contributed by atoms with van der Waals surface area (Å²) in [6.45, 7) is 18.0. The van der Waals surface area contributed by atoms with Crippen molar-refractivity contribution >= 4 is 17.7 Å². The summed E-state index contributed by atoms with van der Waals surface area (Å²) in [5, 5.41) is 11.6. The Labute approximate surface area is 581 Å². The number of methoxy groups -OCH3 is 4. The van der Waals surface area contributed by atoms with Crippen molar-refractivity contribution in [1.82, 2.24) is 5.32 Å². The van der Waals surface area contributed by atoms with Gasteiger partial charge in [0, 0.05) is 51.4 Å². The molecule has 0 aromatic heterocycles. The second kappa shape index (κ2) is 56.8. The minimum Gasteiger partial charge on any atom is -0.468 e. The number of rotatable bonds is 45. The molecule has 4 aliphatic rings. The Morgan fingerprint density at radius 1 is 0.490 bits per heavy atom. The smallest absolute Gasteiger partial charge is 0.407 e. The van der Waals surface area contributed by atoms with Crippen LogP contribution in [0.3, 0.4) is 0 Å². The first kappa shape index (κ1) is 88.2. The Hall–Kier alpha value is -3.86. The van der Waals surface area contributed by atoms with E-state index < -0.39 is 0 Å². The van der Waals surface area contributed by atoms with Crippen LogP contribution < -0.4 is 20.5 Å². The molecule has 1 amide bonds. The number of fused-ring (bicyclic) bond motifs is 8. The van der Waals surface area contributed by atoms with Crippen molar-refractivity contribution in [3.63, 3.8) is 0 Å². The molecular formula is C73H125ClN2O20. The first-order valence-electron chi connectivity index (χ1n) is 33.8. The number of carbonyl (C=O) groups excluding carboxylic acids is 1. The zero-order chi connectivity index (χ0) is 67.4. The number of carbonyl (C=O) groups is 1. The average Bonchev–Trinajstić information content (AvgIpc) is 0.765. The molecule has 0 heterocycles. The van der Waals surface area contributed by atoms with E-state index in [9.17, 15) is 4.79 Å². The van der Waals surface area contributed by atoms with Crippen molar-refractivity contribution in [3.8, 4) is 11.5 Å². The van der Waals surface area contributed by atoms with Gasteiger partial charge in [0.25, 0.3) is 0 Å². The normalized spacial score (nSPS) is 19.9. The first-order valence-corrected chi connectivity index (χ1v) is 34.3. The Balaban J connectivity index is 0.000000490. The number of nitrogens with one attached hydrogen (secondary N) is 1. The molecule has 2 fully saturated rings. The maximum absolute atomic E-state index is 13.0. The fourth-order valence-corrected chi connectivity index (χ4v) is 12.1. The predicted octanol–water partition coefficient (Wildman–Crippen LogP) is 10.7. The summed E-state index contributed by atoms with van der Waals surface area (Å²) in [5.41, 5.74) is 13.0. The van der Waals surface area contributed by atoms with Gasteiger partial charge in [-0.15, -0.1) is 0 Å². The van der Waals surface area contributed by atoms with Gasteiger partial charge in [-0.1, -0.05) is 121 Å². The number of ether oxygens (including phenoxy) is 18. The second-order valence-electron chi connectivity index (χ2n) is 23.8. The maximum atomic E-state index is 13.0. The lowest BCUT2D eigenvalue weighted by Crippen LogP contribution is -2.57. The van der Waals surface area contributed by atoms with Crippen molar-refractivity contribution in [2.24, 2.45) is 17.6 Å². The monoisotopic (exact) mass is 1380 g/mol. The van der Waals surface area contributed by atoms with Crippen LogP contribution in [0.2, 0.25) is 0 Å². The van der Waals surface area contributed by atoms with E-state index in [-0.39, 0.29) is 76.7 Å². The van der Waals surface area contributed by atoms with Gasteiger partial charge in [0.15, 0.2) is 13.6 Å². The van der Waals surface area contributed by atoms with E-state index >= 15 is 0 Å². The molecule has 4 N–H and O–H groups in total. The van der Waals surface area contributed by atoms with E-state index in [4.69, 9.17) is 108 Å². The van der Waals surface area contributed by atoms with E-state index in [1.54, 1.807) is 28.4 Å². The lowest BCUT2D eigenvalue weighted by atomic mass is 9.59. The van der Waals surface area contributed by atoms with E-state index in [0.717, 1.165) is 55.6 Å². The Morgan fingerprint density at radius 3 is 1.31 bits per heavy atom. The van der Waals surface area contributed by atoms with Crippen molar-refractivity contribution in [1.29, 1.82) is 0 Å². The minimum atomic E-state index is -0.348. The quantitative estimate of drug-likeness (QED) is 0.0271. The third-order valence-electron chi connectivity index (χ3n) is 17.0. The molecule has 3 aromatic rings. The van der Waals surface area contributed by atoms with Gasteiger partial charge in [0.2, 0.25) is 0 Å². The van der Waals surface area contributed by atoms with Crippen molar-refractivity contribution < 1.29 is 95.2 Å². The van der Waals surface area contributed by atoms with Gasteiger partial charge in [-0.3, -0.25) is 0 Å². The number of amides is 1. The largest absolute Gasteiger partial charge is 0.468 e. The van der Waals surface area contributed by atoms with Crippen LogP contribution in [0.15, 0.2) is 66.7 Å². The van der Waals surface area contributed by atoms with Crippen LogP contribution in [0.1, 0.15) is 121 Å². The summed E-state index contributed by atoms with van der Waals surface area (Å²) in [6.07, 6.45) is 13.6. The molecule has 0 unspecified atom stereocenters. The number of alkyl carbamates (subject to hydrolysis) is 1. The predicted molar refractivity (Wildman–Crippen MR) is 374 cm³/mol. The van der Waals surface area contributed by atoms with Crippen LogP contribution in [0.5, 0.6) is 11.5 Å². The molecule has 4 bridgehead atoms. The van der Waals surface area contributed by atoms with Crippen molar-refractivity contribution in [2.75, 3.05) is 207 Å². The van der Waals surface area contributed by atoms with Crippen LogP contribution in [-0.2, 0) is 106 Å². The lowest BCUT2D eigenvalue weighted by molar-refractivity contribution is -0.0294. The number of hydrogen-bond donors (Lipinski definition) is 3. The Morgan fingerprint density at radius 2 is 0.875 bits per heavy atom. The summed E-state index contributed by atoms with van der Waals surface area (Å²) in [4.78, 5) is 13.0.